The number of benzene rings is 1. The third-order valence-corrected chi connectivity index (χ3v) is 3.60. The first-order valence-corrected chi connectivity index (χ1v) is 7.70. The molecule has 1 atom stereocenters. The number of likely N-dealkylation sites (N-methyl/N-ethyl adjacent to an activating group) is 1. The van der Waals surface area contributed by atoms with Crippen LogP contribution in [0.3, 0.4) is 0 Å². The van der Waals surface area contributed by atoms with Crippen molar-refractivity contribution >= 4 is 10.9 Å². The van der Waals surface area contributed by atoms with Crippen LogP contribution in [-0.2, 0) is 17.7 Å². The first-order chi connectivity index (χ1) is 9.94. The van der Waals surface area contributed by atoms with Gasteiger partial charge in [-0.3, -0.25) is 4.68 Å². The van der Waals surface area contributed by atoms with E-state index < -0.39 is 0 Å². The van der Waals surface area contributed by atoms with Crippen LogP contribution in [0.5, 0.6) is 0 Å². The highest BCUT2D eigenvalue weighted by molar-refractivity contribution is 5.82. The van der Waals surface area contributed by atoms with Crippen molar-refractivity contribution in [2.75, 3.05) is 13.7 Å². The number of hydrogen-bond donors (Lipinski definition) is 1. The predicted molar refractivity (Wildman–Crippen MR) is 87.7 cm³/mol. The zero-order valence-electron chi connectivity index (χ0n) is 13.8. The zero-order valence-corrected chi connectivity index (χ0v) is 13.8. The maximum atomic E-state index is 5.90. The Morgan fingerprint density at radius 2 is 2.00 bits per heavy atom. The van der Waals surface area contributed by atoms with Crippen molar-refractivity contribution in [3.8, 4) is 0 Å². The molecule has 0 bridgehead atoms. The van der Waals surface area contributed by atoms with E-state index in [2.05, 4.69) is 62.0 Å². The molecular formula is C17H27N3O. The highest BCUT2D eigenvalue weighted by Gasteiger charge is 2.17. The van der Waals surface area contributed by atoms with Gasteiger partial charge in [0.25, 0.3) is 0 Å². The molecule has 0 saturated heterocycles. The predicted octanol–water partition coefficient (Wildman–Crippen LogP) is 3.00. The Balaban J connectivity index is 2.18. The van der Waals surface area contributed by atoms with E-state index in [-0.39, 0.29) is 11.6 Å². The van der Waals surface area contributed by atoms with Crippen LogP contribution >= 0.6 is 0 Å². The standard InChI is InChI=1S/C17H27N3O/c1-6-20-16-10-8-7-9-14(16)15(19-20)11-13(18-5)12-21-17(2,3)4/h7-10,13,18H,6,11-12H2,1-5H3. The smallest absolute Gasteiger partial charge is 0.0719 e. The number of aromatic nitrogens is 2. The Hall–Kier alpha value is -1.39. The summed E-state index contributed by atoms with van der Waals surface area (Å²) in [4.78, 5) is 0. The normalized spacial score (nSPS) is 13.8. The second-order valence-electron chi connectivity index (χ2n) is 6.39. The van der Waals surface area contributed by atoms with Gasteiger partial charge in [0.15, 0.2) is 0 Å². The van der Waals surface area contributed by atoms with Crippen LogP contribution < -0.4 is 5.32 Å². The van der Waals surface area contributed by atoms with Crippen molar-refractivity contribution in [1.29, 1.82) is 0 Å². The molecule has 0 radical (unpaired) electrons. The lowest BCUT2D eigenvalue weighted by molar-refractivity contribution is -0.0135. The minimum atomic E-state index is -0.111. The summed E-state index contributed by atoms with van der Waals surface area (Å²) in [6.45, 7) is 9.96. The van der Waals surface area contributed by atoms with Crippen molar-refractivity contribution in [3.05, 3.63) is 30.0 Å². The molecule has 0 aliphatic heterocycles. The molecule has 1 N–H and O–H groups in total. The highest BCUT2D eigenvalue weighted by Crippen LogP contribution is 2.20. The van der Waals surface area contributed by atoms with Gasteiger partial charge >= 0.3 is 0 Å². The maximum absolute atomic E-state index is 5.90. The van der Waals surface area contributed by atoms with E-state index in [1.54, 1.807) is 0 Å². The highest BCUT2D eigenvalue weighted by atomic mass is 16.5. The molecular weight excluding hydrogens is 262 g/mol. The Morgan fingerprint density at radius 1 is 1.29 bits per heavy atom. The lowest BCUT2D eigenvalue weighted by Crippen LogP contribution is -2.36. The molecule has 1 heterocycles. The molecule has 2 aromatic rings. The first-order valence-electron chi connectivity index (χ1n) is 7.70. The third-order valence-electron chi connectivity index (χ3n) is 3.60. The average molecular weight is 289 g/mol. The second-order valence-corrected chi connectivity index (χ2v) is 6.39. The lowest BCUT2D eigenvalue weighted by atomic mass is 10.1. The van der Waals surface area contributed by atoms with Gasteiger partial charge in [0.05, 0.1) is 23.4 Å². The van der Waals surface area contributed by atoms with Gasteiger partial charge in [-0.1, -0.05) is 18.2 Å². The Labute approximate surface area is 127 Å². The molecule has 1 unspecified atom stereocenters. The first kappa shape index (κ1) is 16.0. The monoisotopic (exact) mass is 289 g/mol. The largest absolute Gasteiger partial charge is 0.374 e. The third kappa shape index (κ3) is 4.05. The topological polar surface area (TPSA) is 39.1 Å². The molecule has 1 aromatic heterocycles. The van der Waals surface area contributed by atoms with Crippen molar-refractivity contribution in [1.82, 2.24) is 15.1 Å². The van der Waals surface area contributed by atoms with Crippen LogP contribution in [0.2, 0.25) is 0 Å². The van der Waals surface area contributed by atoms with Crippen molar-refractivity contribution in [3.63, 3.8) is 0 Å². The molecule has 0 fully saturated rings. The number of rotatable bonds is 6. The van der Waals surface area contributed by atoms with Gasteiger partial charge in [-0.15, -0.1) is 0 Å². The minimum absolute atomic E-state index is 0.111. The van der Waals surface area contributed by atoms with E-state index in [0.29, 0.717) is 6.61 Å². The summed E-state index contributed by atoms with van der Waals surface area (Å²) < 4.78 is 7.97. The van der Waals surface area contributed by atoms with Gasteiger partial charge in [-0.05, 0) is 40.8 Å². The number of para-hydroxylation sites is 1. The van der Waals surface area contributed by atoms with Gasteiger partial charge < -0.3 is 10.1 Å². The van der Waals surface area contributed by atoms with E-state index in [0.717, 1.165) is 18.7 Å². The van der Waals surface area contributed by atoms with Crippen LogP contribution in [0.1, 0.15) is 33.4 Å². The summed E-state index contributed by atoms with van der Waals surface area (Å²) >= 11 is 0. The molecule has 116 valence electrons. The number of nitrogens with zero attached hydrogens (tertiary/aromatic N) is 2. The molecule has 0 amide bonds. The van der Waals surface area contributed by atoms with Crippen molar-refractivity contribution < 1.29 is 4.74 Å². The lowest BCUT2D eigenvalue weighted by Gasteiger charge is -2.24. The second kappa shape index (κ2) is 6.58. The zero-order chi connectivity index (χ0) is 15.5. The fraction of sp³-hybridized carbons (Fsp3) is 0.588. The number of nitrogens with one attached hydrogen (secondary N) is 1. The summed E-state index contributed by atoms with van der Waals surface area (Å²) in [5.74, 6) is 0. The van der Waals surface area contributed by atoms with Crippen LogP contribution in [0.4, 0.5) is 0 Å². The van der Waals surface area contributed by atoms with Gasteiger partial charge in [0.1, 0.15) is 0 Å². The van der Waals surface area contributed by atoms with Crippen molar-refractivity contribution in [2.45, 2.75) is 52.3 Å². The molecule has 0 spiro atoms. The summed E-state index contributed by atoms with van der Waals surface area (Å²) in [5, 5.41) is 9.35. The minimum Gasteiger partial charge on any atom is -0.374 e. The maximum Gasteiger partial charge on any atom is 0.0719 e. The molecule has 21 heavy (non-hydrogen) atoms. The Morgan fingerprint density at radius 3 is 2.62 bits per heavy atom. The van der Waals surface area contributed by atoms with Crippen LogP contribution in [0.15, 0.2) is 24.3 Å². The molecule has 2 rings (SSSR count). The molecule has 0 saturated carbocycles. The number of ether oxygens (including phenoxy) is 1. The number of aryl methyl sites for hydroxylation is 1. The molecule has 0 aliphatic rings. The van der Waals surface area contributed by atoms with Crippen LogP contribution in [0, 0.1) is 0 Å². The van der Waals surface area contributed by atoms with Crippen LogP contribution in [0.25, 0.3) is 10.9 Å². The summed E-state index contributed by atoms with van der Waals surface area (Å²) in [7, 11) is 1.98. The number of fused-ring (bicyclic) bond motifs is 1. The van der Waals surface area contributed by atoms with Gasteiger partial charge in [-0.25, -0.2) is 0 Å². The summed E-state index contributed by atoms with van der Waals surface area (Å²) in [5.41, 5.74) is 2.24. The summed E-state index contributed by atoms with van der Waals surface area (Å²) in [6, 6.07) is 8.70. The van der Waals surface area contributed by atoms with E-state index >= 15 is 0 Å². The van der Waals surface area contributed by atoms with Gasteiger partial charge in [0.2, 0.25) is 0 Å². The fourth-order valence-electron chi connectivity index (χ4n) is 2.42. The van der Waals surface area contributed by atoms with Crippen molar-refractivity contribution in [2.24, 2.45) is 0 Å². The van der Waals surface area contributed by atoms with E-state index in [4.69, 9.17) is 9.84 Å². The van der Waals surface area contributed by atoms with E-state index in [9.17, 15) is 0 Å². The fourth-order valence-corrected chi connectivity index (χ4v) is 2.42. The molecule has 0 aliphatic carbocycles. The van der Waals surface area contributed by atoms with E-state index in [1.165, 1.54) is 10.9 Å². The van der Waals surface area contributed by atoms with E-state index in [1.807, 2.05) is 7.05 Å². The molecule has 4 nitrogen and oxygen atoms in total. The Bertz CT molecular complexity index is 583. The average Bonchev–Trinajstić information content (AvgIpc) is 2.80. The van der Waals surface area contributed by atoms with Gasteiger partial charge in [-0.2, -0.15) is 5.10 Å². The molecule has 4 heteroatoms. The van der Waals surface area contributed by atoms with Gasteiger partial charge in [0, 0.05) is 24.4 Å². The quantitative estimate of drug-likeness (QED) is 0.888. The summed E-state index contributed by atoms with van der Waals surface area (Å²) in [6.07, 6.45) is 0.875. The number of hydrogen-bond acceptors (Lipinski definition) is 3. The SMILES string of the molecule is CCn1nc(CC(COC(C)(C)C)NC)c2ccccc21. The molecule has 1 aromatic carbocycles. The Kier molecular flexibility index (Phi) is 5.01. The van der Waals surface area contributed by atoms with Crippen LogP contribution in [-0.4, -0.2) is 35.1 Å².